The summed E-state index contributed by atoms with van der Waals surface area (Å²) in [4.78, 5) is 15.0. The minimum atomic E-state index is -0.805. The molecule has 1 heterocycles. The van der Waals surface area contributed by atoms with E-state index in [-0.39, 0.29) is 6.10 Å². The van der Waals surface area contributed by atoms with Gasteiger partial charge in [-0.25, -0.2) is 9.78 Å². The number of carbonyl (C=O) groups is 1. The van der Waals surface area contributed by atoms with Crippen molar-refractivity contribution in [1.82, 2.24) is 4.98 Å². The van der Waals surface area contributed by atoms with Gasteiger partial charge in [0.2, 0.25) is 5.88 Å². The number of nitrogens with two attached hydrogens (primary N) is 1. The Morgan fingerprint density at radius 2 is 2.11 bits per heavy atom. The van der Waals surface area contributed by atoms with E-state index in [0.717, 1.165) is 5.56 Å². The Kier molecular flexibility index (Phi) is 4.76. The molecule has 0 bridgehead atoms. The van der Waals surface area contributed by atoms with E-state index < -0.39 is 6.09 Å². The molecule has 0 spiro atoms. The second-order valence-electron chi connectivity index (χ2n) is 3.92. The van der Waals surface area contributed by atoms with Crippen LogP contribution in [0.25, 0.3) is 0 Å². The van der Waals surface area contributed by atoms with Gasteiger partial charge in [-0.15, -0.1) is 0 Å². The number of aryl methyl sites for hydroxylation is 1. The van der Waals surface area contributed by atoms with Crippen molar-refractivity contribution in [2.24, 2.45) is 5.73 Å². The molecule has 0 radical (unpaired) electrons. The lowest BCUT2D eigenvalue weighted by Gasteiger charge is -2.15. The highest BCUT2D eigenvalue weighted by Gasteiger charge is 2.15. The summed E-state index contributed by atoms with van der Waals surface area (Å²) in [6, 6.07) is 1.83. The Balaban J connectivity index is 2.95. The van der Waals surface area contributed by atoms with E-state index in [1.54, 1.807) is 21.1 Å². The van der Waals surface area contributed by atoms with Crippen LogP contribution >= 0.6 is 0 Å². The van der Waals surface area contributed by atoms with Gasteiger partial charge in [0.25, 0.3) is 0 Å². The van der Waals surface area contributed by atoms with Gasteiger partial charge in [-0.1, -0.05) is 0 Å². The molecule has 1 amide bonds. The lowest BCUT2D eigenvalue weighted by molar-refractivity contribution is 0.115. The molecule has 6 nitrogen and oxygen atoms in total. The predicted molar refractivity (Wildman–Crippen MR) is 65.9 cm³/mol. The van der Waals surface area contributed by atoms with E-state index in [1.807, 2.05) is 13.0 Å². The van der Waals surface area contributed by atoms with Crippen molar-refractivity contribution in [2.75, 3.05) is 14.2 Å². The van der Waals surface area contributed by atoms with Crippen molar-refractivity contribution in [3.8, 4) is 11.6 Å². The topological polar surface area (TPSA) is 83.7 Å². The largest absolute Gasteiger partial charge is 0.495 e. The third-order valence-corrected chi connectivity index (χ3v) is 2.42. The first kappa shape index (κ1) is 14.1. The summed E-state index contributed by atoms with van der Waals surface area (Å²) in [7, 11) is 3.11. The molecule has 1 unspecified atom stereocenters. The predicted octanol–water partition coefficient (Wildman–Crippen LogP) is 1.43. The lowest BCUT2D eigenvalue weighted by atomic mass is 10.1. The first-order valence-electron chi connectivity index (χ1n) is 5.52. The maximum atomic E-state index is 10.7. The maximum absolute atomic E-state index is 10.7. The lowest BCUT2D eigenvalue weighted by Crippen LogP contribution is -2.22. The Morgan fingerprint density at radius 3 is 2.61 bits per heavy atom. The van der Waals surface area contributed by atoms with Crippen LogP contribution < -0.4 is 15.2 Å². The van der Waals surface area contributed by atoms with Gasteiger partial charge in [-0.3, -0.25) is 0 Å². The highest BCUT2D eigenvalue weighted by atomic mass is 16.6. The minimum Gasteiger partial charge on any atom is -0.495 e. The number of pyridine rings is 1. The monoisotopic (exact) mass is 254 g/mol. The molecule has 100 valence electrons. The number of hydrogen-bond donors (Lipinski definition) is 1. The number of methoxy groups -OCH3 is 2. The quantitative estimate of drug-likeness (QED) is 0.859. The molecule has 0 fully saturated rings. The summed E-state index contributed by atoms with van der Waals surface area (Å²) in [5.41, 5.74) is 6.50. The number of nitrogens with zero attached hydrogens (tertiary/aromatic N) is 1. The summed E-state index contributed by atoms with van der Waals surface area (Å²) < 4.78 is 15.3. The van der Waals surface area contributed by atoms with E-state index in [1.165, 1.54) is 0 Å². The van der Waals surface area contributed by atoms with Gasteiger partial charge >= 0.3 is 6.09 Å². The molecule has 2 N–H and O–H groups in total. The summed E-state index contributed by atoms with van der Waals surface area (Å²) in [6.45, 7) is 3.61. The maximum Gasteiger partial charge on any atom is 0.404 e. The summed E-state index contributed by atoms with van der Waals surface area (Å²) >= 11 is 0. The summed E-state index contributed by atoms with van der Waals surface area (Å²) in [5, 5.41) is 0. The van der Waals surface area contributed by atoms with Crippen molar-refractivity contribution < 1.29 is 19.0 Å². The van der Waals surface area contributed by atoms with E-state index >= 15 is 0 Å². The number of aromatic nitrogens is 1. The normalized spacial score (nSPS) is 11.8. The second kappa shape index (κ2) is 6.09. The third-order valence-electron chi connectivity index (χ3n) is 2.42. The first-order chi connectivity index (χ1) is 8.47. The van der Waals surface area contributed by atoms with Gasteiger partial charge in [-0.2, -0.15) is 0 Å². The Morgan fingerprint density at radius 1 is 1.44 bits per heavy atom. The number of primary amides is 1. The number of ether oxygens (including phenoxy) is 3. The highest BCUT2D eigenvalue weighted by Crippen LogP contribution is 2.25. The zero-order valence-corrected chi connectivity index (χ0v) is 11.0. The zero-order valence-electron chi connectivity index (χ0n) is 11.0. The van der Waals surface area contributed by atoms with E-state index in [9.17, 15) is 4.79 Å². The minimum absolute atomic E-state index is 0.378. The molecular weight excluding hydrogens is 236 g/mol. The molecule has 18 heavy (non-hydrogen) atoms. The van der Waals surface area contributed by atoms with Gasteiger partial charge in [0.15, 0.2) is 0 Å². The molecule has 0 aliphatic carbocycles. The van der Waals surface area contributed by atoms with Crippen LogP contribution in [0.1, 0.15) is 18.2 Å². The average molecular weight is 254 g/mol. The number of amides is 1. The molecule has 0 aliphatic rings. The number of rotatable bonds is 5. The van der Waals surface area contributed by atoms with Crippen LogP contribution in [-0.2, 0) is 11.2 Å². The molecular formula is C12H18N2O4. The van der Waals surface area contributed by atoms with Gasteiger partial charge < -0.3 is 19.9 Å². The fraction of sp³-hybridized carbons (Fsp3) is 0.500. The molecule has 0 saturated carbocycles. The molecule has 1 aromatic rings. The molecule has 0 saturated heterocycles. The standard InChI is InChI=1S/C12H18N2O4/c1-7-5-10(16-3)9(14-11(7)17-4)6-8(2)18-12(13)15/h5,8H,6H2,1-4H3,(H2,13,15). The Labute approximate surface area is 106 Å². The van der Waals surface area contributed by atoms with E-state index in [0.29, 0.717) is 23.7 Å². The first-order valence-corrected chi connectivity index (χ1v) is 5.52. The van der Waals surface area contributed by atoms with Crippen LogP contribution in [0.15, 0.2) is 6.07 Å². The van der Waals surface area contributed by atoms with Crippen molar-refractivity contribution in [2.45, 2.75) is 26.4 Å². The summed E-state index contributed by atoms with van der Waals surface area (Å²) in [5.74, 6) is 1.16. The van der Waals surface area contributed by atoms with Crippen LogP contribution in [0.4, 0.5) is 4.79 Å². The highest BCUT2D eigenvalue weighted by molar-refractivity contribution is 5.64. The van der Waals surface area contributed by atoms with Crippen LogP contribution in [0.2, 0.25) is 0 Å². The Hall–Kier alpha value is -1.98. The summed E-state index contributed by atoms with van der Waals surface area (Å²) in [6.07, 6.45) is -0.778. The second-order valence-corrected chi connectivity index (χ2v) is 3.92. The van der Waals surface area contributed by atoms with Crippen molar-refractivity contribution >= 4 is 6.09 Å². The zero-order chi connectivity index (χ0) is 13.7. The smallest absolute Gasteiger partial charge is 0.404 e. The van der Waals surface area contributed by atoms with Crippen molar-refractivity contribution in [3.63, 3.8) is 0 Å². The van der Waals surface area contributed by atoms with Crippen molar-refractivity contribution in [1.29, 1.82) is 0 Å². The fourth-order valence-corrected chi connectivity index (χ4v) is 1.65. The van der Waals surface area contributed by atoms with Crippen LogP contribution in [0.3, 0.4) is 0 Å². The van der Waals surface area contributed by atoms with Crippen LogP contribution in [-0.4, -0.2) is 31.4 Å². The van der Waals surface area contributed by atoms with Gasteiger partial charge in [0, 0.05) is 12.0 Å². The van der Waals surface area contributed by atoms with Crippen LogP contribution in [0.5, 0.6) is 11.6 Å². The number of hydrogen-bond acceptors (Lipinski definition) is 5. The molecule has 1 aromatic heterocycles. The molecule has 0 aliphatic heterocycles. The Bertz CT molecular complexity index is 434. The van der Waals surface area contributed by atoms with Gasteiger partial charge in [-0.05, 0) is 19.9 Å². The molecule has 1 rings (SSSR count). The molecule has 6 heteroatoms. The number of carbonyl (C=O) groups excluding carboxylic acids is 1. The molecule has 1 atom stereocenters. The van der Waals surface area contributed by atoms with E-state index in [2.05, 4.69) is 4.98 Å². The van der Waals surface area contributed by atoms with Gasteiger partial charge in [0.05, 0.1) is 19.9 Å². The van der Waals surface area contributed by atoms with E-state index in [4.69, 9.17) is 19.9 Å². The molecule has 0 aromatic carbocycles. The van der Waals surface area contributed by atoms with Gasteiger partial charge in [0.1, 0.15) is 11.9 Å². The van der Waals surface area contributed by atoms with Crippen LogP contribution in [0, 0.1) is 6.92 Å². The SMILES string of the molecule is COc1cc(C)c(OC)nc1CC(C)OC(N)=O. The average Bonchev–Trinajstić information content (AvgIpc) is 2.29. The third kappa shape index (κ3) is 3.51. The fourth-order valence-electron chi connectivity index (χ4n) is 1.65. The van der Waals surface area contributed by atoms with Crippen molar-refractivity contribution in [3.05, 3.63) is 17.3 Å².